The fourth-order valence-corrected chi connectivity index (χ4v) is 7.09. The number of ether oxygens (including phenoxy) is 2. The van der Waals surface area contributed by atoms with Gasteiger partial charge in [-0.1, -0.05) is 65.5 Å². The molecule has 1 atom stereocenters. The highest BCUT2D eigenvalue weighted by Crippen LogP contribution is 2.32. The zero-order valence-electron chi connectivity index (χ0n) is 24.7. The van der Waals surface area contributed by atoms with E-state index < -0.39 is 28.5 Å². The van der Waals surface area contributed by atoms with Crippen LogP contribution in [0.1, 0.15) is 44.6 Å². The summed E-state index contributed by atoms with van der Waals surface area (Å²) >= 11 is 3.48. The maximum absolute atomic E-state index is 14.1. The van der Waals surface area contributed by atoms with Crippen molar-refractivity contribution in [3.8, 4) is 11.5 Å². The third kappa shape index (κ3) is 8.08. The van der Waals surface area contributed by atoms with Crippen LogP contribution in [0.4, 0.5) is 5.69 Å². The lowest BCUT2D eigenvalue weighted by Gasteiger charge is -2.33. The molecule has 43 heavy (non-hydrogen) atoms. The van der Waals surface area contributed by atoms with Crippen LogP contribution in [-0.4, -0.2) is 58.0 Å². The molecule has 9 nitrogen and oxygen atoms in total. The maximum atomic E-state index is 14.1. The van der Waals surface area contributed by atoms with E-state index in [9.17, 15) is 18.0 Å². The molecule has 11 heteroatoms. The van der Waals surface area contributed by atoms with E-state index in [0.29, 0.717) is 11.4 Å². The van der Waals surface area contributed by atoms with Crippen molar-refractivity contribution in [1.29, 1.82) is 0 Å². The largest absolute Gasteiger partial charge is 0.493 e. The molecule has 0 heterocycles. The minimum atomic E-state index is -4.25. The summed E-state index contributed by atoms with van der Waals surface area (Å²) in [5.74, 6) is -0.155. The van der Waals surface area contributed by atoms with Gasteiger partial charge in [0.15, 0.2) is 11.5 Å². The lowest BCUT2D eigenvalue weighted by molar-refractivity contribution is -0.139. The van der Waals surface area contributed by atoms with Crippen LogP contribution in [0.2, 0.25) is 0 Å². The van der Waals surface area contributed by atoms with Crippen molar-refractivity contribution < 1.29 is 27.5 Å². The standard InChI is InChI=1S/C32H38BrN3O6S/c1-23(32(38)34-26-13-6-4-7-14-26)35(21-24-11-10-12-25(33)19-24)31(37)22-36(27-15-8-5-9-16-27)43(39,40)28-17-18-29(41-2)30(20-28)42-3/h5,8-12,15-20,23,26H,4,6-7,13-14,21-22H2,1-3H3,(H,34,38)/t23-/m1/s1. The second-order valence-corrected chi connectivity index (χ2v) is 13.3. The van der Waals surface area contributed by atoms with Crippen molar-refractivity contribution in [3.05, 3.63) is 82.8 Å². The van der Waals surface area contributed by atoms with Crippen LogP contribution in [0.25, 0.3) is 0 Å². The average molecular weight is 673 g/mol. The first kappa shape index (κ1) is 32.3. The third-order valence-corrected chi connectivity index (χ3v) is 9.89. The van der Waals surface area contributed by atoms with E-state index in [-0.39, 0.29) is 29.1 Å². The van der Waals surface area contributed by atoms with E-state index in [0.717, 1.165) is 46.4 Å². The van der Waals surface area contributed by atoms with Gasteiger partial charge < -0.3 is 19.7 Å². The molecule has 0 bridgehead atoms. The molecule has 1 aliphatic carbocycles. The quantitative estimate of drug-likeness (QED) is 0.272. The lowest BCUT2D eigenvalue weighted by Crippen LogP contribution is -2.53. The van der Waals surface area contributed by atoms with E-state index in [1.54, 1.807) is 37.3 Å². The zero-order valence-corrected chi connectivity index (χ0v) is 27.1. The molecule has 0 radical (unpaired) electrons. The molecule has 2 amide bonds. The highest BCUT2D eigenvalue weighted by Gasteiger charge is 2.33. The molecule has 1 saturated carbocycles. The first-order valence-electron chi connectivity index (χ1n) is 14.3. The minimum absolute atomic E-state index is 0.0663. The van der Waals surface area contributed by atoms with Gasteiger partial charge in [0.2, 0.25) is 11.8 Å². The second kappa shape index (κ2) is 14.7. The molecular formula is C32H38BrN3O6S. The number of anilines is 1. The van der Waals surface area contributed by atoms with Gasteiger partial charge in [-0.3, -0.25) is 13.9 Å². The van der Waals surface area contributed by atoms with Gasteiger partial charge in [0.25, 0.3) is 10.0 Å². The first-order chi connectivity index (χ1) is 20.6. The molecule has 0 aliphatic heterocycles. The summed E-state index contributed by atoms with van der Waals surface area (Å²) in [6.07, 6.45) is 5.08. The average Bonchev–Trinajstić information content (AvgIpc) is 3.02. The van der Waals surface area contributed by atoms with Gasteiger partial charge in [-0.25, -0.2) is 8.42 Å². The Kier molecular flexibility index (Phi) is 11.1. The van der Waals surface area contributed by atoms with E-state index in [4.69, 9.17) is 9.47 Å². The SMILES string of the molecule is COc1ccc(S(=O)(=O)N(CC(=O)N(Cc2cccc(Br)c2)[C@H](C)C(=O)NC2CCCCC2)c2ccccc2)cc1OC. The van der Waals surface area contributed by atoms with Crippen molar-refractivity contribution in [3.63, 3.8) is 0 Å². The number of sulfonamides is 1. The second-order valence-electron chi connectivity index (χ2n) is 10.5. The van der Waals surface area contributed by atoms with E-state index in [2.05, 4.69) is 21.2 Å². The van der Waals surface area contributed by atoms with Crippen molar-refractivity contribution in [2.45, 2.75) is 62.6 Å². The van der Waals surface area contributed by atoms with Crippen LogP contribution < -0.4 is 19.1 Å². The lowest BCUT2D eigenvalue weighted by atomic mass is 9.95. The summed E-state index contributed by atoms with van der Waals surface area (Å²) in [6, 6.07) is 19.4. The molecule has 0 unspecified atom stereocenters. The number of carbonyl (C=O) groups is 2. The van der Waals surface area contributed by atoms with Crippen LogP contribution in [0, 0.1) is 0 Å². The Morgan fingerprint density at radius 1 is 0.930 bits per heavy atom. The monoisotopic (exact) mass is 671 g/mol. The van der Waals surface area contributed by atoms with Gasteiger partial charge in [-0.15, -0.1) is 0 Å². The van der Waals surface area contributed by atoms with Gasteiger partial charge in [-0.2, -0.15) is 0 Å². The summed E-state index contributed by atoms with van der Waals surface area (Å²) < 4.78 is 40.7. The molecule has 1 N–H and O–H groups in total. The number of amides is 2. The molecule has 0 saturated heterocycles. The van der Waals surface area contributed by atoms with Crippen LogP contribution in [0.15, 0.2) is 82.2 Å². The van der Waals surface area contributed by atoms with Gasteiger partial charge in [0, 0.05) is 23.1 Å². The fraction of sp³-hybridized carbons (Fsp3) is 0.375. The Balaban J connectivity index is 1.68. The highest BCUT2D eigenvalue weighted by molar-refractivity contribution is 9.10. The van der Waals surface area contributed by atoms with Gasteiger partial charge >= 0.3 is 0 Å². The Labute approximate surface area is 262 Å². The van der Waals surface area contributed by atoms with Crippen molar-refractivity contribution in [1.82, 2.24) is 10.2 Å². The summed E-state index contributed by atoms with van der Waals surface area (Å²) in [7, 11) is -1.36. The van der Waals surface area contributed by atoms with Crippen molar-refractivity contribution in [2.24, 2.45) is 0 Å². The van der Waals surface area contributed by atoms with Gasteiger partial charge in [0.05, 0.1) is 24.8 Å². The molecular weight excluding hydrogens is 634 g/mol. The number of halogens is 1. The smallest absolute Gasteiger partial charge is 0.264 e. The van der Waals surface area contributed by atoms with Crippen LogP contribution in [-0.2, 0) is 26.2 Å². The number of para-hydroxylation sites is 1. The molecule has 3 aromatic carbocycles. The predicted molar refractivity (Wildman–Crippen MR) is 170 cm³/mol. The van der Waals surface area contributed by atoms with Gasteiger partial charge in [-0.05, 0) is 61.7 Å². The van der Waals surface area contributed by atoms with Crippen LogP contribution >= 0.6 is 15.9 Å². The Morgan fingerprint density at radius 3 is 2.28 bits per heavy atom. The van der Waals surface area contributed by atoms with E-state index in [1.807, 2.05) is 24.3 Å². The first-order valence-corrected chi connectivity index (χ1v) is 16.5. The number of nitrogens with one attached hydrogen (secondary N) is 1. The van der Waals surface area contributed by atoms with E-state index >= 15 is 0 Å². The Bertz CT molecular complexity index is 1510. The summed E-state index contributed by atoms with van der Waals surface area (Å²) in [4.78, 5) is 29.0. The maximum Gasteiger partial charge on any atom is 0.264 e. The number of carbonyl (C=O) groups excluding carboxylic acids is 2. The van der Waals surface area contributed by atoms with Crippen molar-refractivity contribution in [2.75, 3.05) is 25.1 Å². The Hall–Kier alpha value is -3.57. The normalized spacial score (nSPS) is 14.4. The molecule has 1 aliphatic rings. The number of nitrogens with zero attached hydrogens (tertiary/aromatic N) is 2. The fourth-order valence-electron chi connectivity index (χ4n) is 5.21. The molecule has 0 spiro atoms. The summed E-state index contributed by atoms with van der Waals surface area (Å²) in [6.45, 7) is 1.29. The number of hydrogen-bond donors (Lipinski definition) is 1. The third-order valence-electron chi connectivity index (χ3n) is 7.63. The number of hydrogen-bond acceptors (Lipinski definition) is 6. The molecule has 0 aromatic heterocycles. The van der Waals surface area contributed by atoms with Crippen molar-refractivity contribution >= 4 is 43.5 Å². The van der Waals surface area contributed by atoms with Crippen LogP contribution in [0.5, 0.6) is 11.5 Å². The zero-order chi connectivity index (χ0) is 31.0. The summed E-state index contributed by atoms with van der Waals surface area (Å²) in [5, 5.41) is 3.12. The number of rotatable bonds is 12. The molecule has 230 valence electrons. The minimum Gasteiger partial charge on any atom is -0.493 e. The molecule has 4 rings (SSSR count). The van der Waals surface area contributed by atoms with E-state index in [1.165, 1.54) is 37.3 Å². The topological polar surface area (TPSA) is 105 Å². The summed E-state index contributed by atoms with van der Waals surface area (Å²) in [5.41, 5.74) is 1.11. The number of methoxy groups -OCH3 is 2. The van der Waals surface area contributed by atoms with Crippen LogP contribution in [0.3, 0.4) is 0 Å². The predicted octanol–water partition coefficient (Wildman–Crippen LogP) is 5.53. The number of benzene rings is 3. The highest BCUT2D eigenvalue weighted by atomic mass is 79.9. The Morgan fingerprint density at radius 2 is 1.63 bits per heavy atom. The van der Waals surface area contributed by atoms with Gasteiger partial charge in [0.1, 0.15) is 12.6 Å². The molecule has 3 aromatic rings. The molecule has 1 fully saturated rings.